The summed E-state index contributed by atoms with van der Waals surface area (Å²) in [4.78, 5) is 25.6. The van der Waals surface area contributed by atoms with E-state index in [-0.39, 0.29) is 6.61 Å². The molecule has 1 aliphatic heterocycles. The molecule has 1 aliphatic rings. The second kappa shape index (κ2) is 14.3. The number of unbranched alkanes of at least 4 members (excludes halogenated alkanes) is 9. The highest BCUT2D eigenvalue weighted by Gasteiger charge is 2.45. The largest absolute Gasteiger partial charge is 0.394 e. The fraction of sp³-hybridized carbons (Fsp3) is 0.810. The second-order valence-electron chi connectivity index (χ2n) is 7.82. The average molecular weight is 461 g/mol. The van der Waals surface area contributed by atoms with E-state index < -0.39 is 34.9 Å². The Labute approximate surface area is 186 Å². The summed E-state index contributed by atoms with van der Waals surface area (Å²) in [6, 6.07) is 1.25. The molecule has 0 spiro atoms. The van der Waals surface area contributed by atoms with Gasteiger partial charge in [0.2, 0.25) is 0 Å². The number of nitrogens with zero attached hydrogens (tertiary/aromatic N) is 1. The van der Waals surface area contributed by atoms with Crippen molar-refractivity contribution in [1.29, 1.82) is 0 Å². The molecule has 1 saturated heterocycles. The Balaban J connectivity index is 1.69. The number of aliphatic hydroxyl groups excluding tert-OH is 2. The van der Waals surface area contributed by atoms with E-state index in [0.29, 0.717) is 0 Å². The average Bonchev–Trinajstić information content (AvgIpc) is 3.04. The Bertz CT molecular complexity index is 711. The molecule has 2 heterocycles. The maximum Gasteiger partial charge on any atom is 0.330 e. The van der Waals surface area contributed by atoms with Crippen LogP contribution in [0.15, 0.2) is 21.9 Å². The molecule has 172 valence electrons. The van der Waals surface area contributed by atoms with Crippen LogP contribution in [0.5, 0.6) is 0 Å². The third-order valence-electron chi connectivity index (χ3n) is 5.38. The van der Waals surface area contributed by atoms with Crippen LogP contribution in [0, 0.1) is 0 Å². The Hall–Kier alpha value is -0.740. The molecule has 2 rings (SSSR count). The number of rotatable bonds is 15. The van der Waals surface area contributed by atoms with Crippen LogP contribution in [-0.4, -0.2) is 49.6 Å². The molecule has 0 saturated carbocycles. The number of aromatic amines is 1. The third kappa shape index (κ3) is 8.07. The molecule has 1 aromatic heterocycles. The molecule has 0 radical (unpaired) electrons. The summed E-state index contributed by atoms with van der Waals surface area (Å²) in [5.41, 5.74) is -1.06. The van der Waals surface area contributed by atoms with Crippen LogP contribution in [0.25, 0.3) is 0 Å². The fourth-order valence-corrected chi connectivity index (χ4v) is 6.49. The van der Waals surface area contributed by atoms with Gasteiger partial charge in [-0.25, -0.2) is 4.79 Å². The van der Waals surface area contributed by atoms with Gasteiger partial charge in [-0.3, -0.25) is 14.3 Å². The highest BCUT2D eigenvalue weighted by atomic mass is 33.1. The van der Waals surface area contributed by atoms with Crippen LogP contribution in [0.1, 0.15) is 77.4 Å². The Morgan fingerprint density at radius 1 is 1.07 bits per heavy atom. The van der Waals surface area contributed by atoms with Gasteiger partial charge in [0.25, 0.3) is 5.56 Å². The molecular formula is C21H36N2O5S2. The third-order valence-corrected chi connectivity index (χ3v) is 8.28. The zero-order valence-corrected chi connectivity index (χ0v) is 19.5. The number of aliphatic hydroxyl groups is 2. The summed E-state index contributed by atoms with van der Waals surface area (Å²) in [5.74, 6) is 0.960. The molecule has 1 aromatic rings. The van der Waals surface area contributed by atoms with Crippen molar-refractivity contribution in [1.82, 2.24) is 9.55 Å². The fourth-order valence-electron chi connectivity index (χ4n) is 3.60. The van der Waals surface area contributed by atoms with E-state index in [1.165, 1.54) is 85.4 Å². The van der Waals surface area contributed by atoms with Crippen molar-refractivity contribution < 1.29 is 14.9 Å². The molecular weight excluding hydrogens is 424 g/mol. The summed E-state index contributed by atoms with van der Waals surface area (Å²) >= 11 is 0. The number of hydrogen-bond donors (Lipinski definition) is 3. The first-order valence-corrected chi connectivity index (χ1v) is 13.5. The minimum absolute atomic E-state index is 0.323. The van der Waals surface area contributed by atoms with Gasteiger partial charge in [-0.2, -0.15) is 0 Å². The van der Waals surface area contributed by atoms with Gasteiger partial charge in [0.15, 0.2) is 6.23 Å². The predicted molar refractivity (Wildman–Crippen MR) is 124 cm³/mol. The van der Waals surface area contributed by atoms with Crippen molar-refractivity contribution in [3.8, 4) is 0 Å². The number of ether oxygens (including phenoxy) is 1. The monoisotopic (exact) mass is 460 g/mol. The molecule has 30 heavy (non-hydrogen) atoms. The molecule has 4 atom stereocenters. The van der Waals surface area contributed by atoms with Crippen molar-refractivity contribution in [2.24, 2.45) is 0 Å². The van der Waals surface area contributed by atoms with Gasteiger partial charge < -0.3 is 14.9 Å². The van der Waals surface area contributed by atoms with E-state index in [9.17, 15) is 19.8 Å². The molecule has 9 heteroatoms. The second-order valence-corrected chi connectivity index (χ2v) is 10.5. The van der Waals surface area contributed by atoms with Gasteiger partial charge in [0.1, 0.15) is 6.10 Å². The maximum atomic E-state index is 12.1. The summed E-state index contributed by atoms with van der Waals surface area (Å²) in [6.45, 7) is 1.92. The van der Waals surface area contributed by atoms with Crippen LogP contribution >= 0.6 is 21.6 Å². The molecule has 0 amide bonds. The van der Waals surface area contributed by atoms with Crippen molar-refractivity contribution in [2.45, 2.75) is 94.8 Å². The van der Waals surface area contributed by atoms with Gasteiger partial charge in [0.05, 0.1) is 18.0 Å². The van der Waals surface area contributed by atoms with Crippen molar-refractivity contribution in [3.05, 3.63) is 33.1 Å². The quantitative estimate of drug-likeness (QED) is 0.272. The number of hydrogen-bond acceptors (Lipinski definition) is 7. The molecule has 1 fully saturated rings. The number of nitrogens with one attached hydrogen (secondary N) is 1. The van der Waals surface area contributed by atoms with E-state index in [4.69, 9.17) is 4.74 Å². The normalized spacial score (nSPS) is 23.8. The van der Waals surface area contributed by atoms with Crippen molar-refractivity contribution in [2.75, 3.05) is 12.4 Å². The first-order valence-electron chi connectivity index (χ1n) is 11.1. The SMILES string of the molecule is CCCCCCCCCCCCSS[C@@H]1[C@H](O)[C@@H](CO)O[C@H]1n1ccc(=O)[nH]c1=O. The molecule has 3 N–H and O–H groups in total. The lowest BCUT2D eigenvalue weighted by Crippen LogP contribution is -2.36. The van der Waals surface area contributed by atoms with Crippen molar-refractivity contribution >= 4 is 21.6 Å². The first kappa shape index (κ1) is 25.5. The predicted octanol–water partition coefficient (Wildman–Crippen LogP) is 3.46. The van der Waals surface area contributed by atoms with Crippen LogP contribution in [-0.2, 0) is 4.74 Å². The Kier molecular flexibility index (Phi) is 12.2. The molecule has 0 bridgehead atoms. The van der Waals surface area contributed by atoms with E-state index in [1.807, 2.05) is 0 Å². The lowest BCUT2D eigenvalue weighted by Gasteiger charge is -2.20. The topological polar surface area (TPSA) is 105 Å². The Morgan fingerprint density at radius 2 is 1.70 bits per heavy atom. The lowest BCUT2D eigenvalue weighted by molar-refractivity contribution is -0.0457. The van der Waals surface area contributed by atoms with Crippen LogP contribution in [0.4, 0.5) is 0 Å². The van der Waals surface area contributed by atoms with Crippen LogP contribution in [0.2, 0.25) is 0 Å². The molecule has 0 aliphatic carbocycles. The molecule has 7 nitrogen and oxygen atoms in total. The molecule has 0 unspecified atom stereocenters. The zero-order valence-electron chi connectivity index (χ0n) is 17.8. The van der Waals surface area contributed by atoms with Gasteiger partial charge in [-0.1, -0.05) is 86.3 Å². The van der Waals surface area contributed by atoms with Crippen LogP contribution in [0.3, 0.4) is 0 Å². The number of H-pyrrole nitrogens is 1. The van der Waals surface area contributed by atoms with Crippen molar-refractivity contribution in [3.63, 3.8) is 0 Å². The smallest absolute Gasteiger partial charge is 0.330 e. The van der Waals surface area contributed by atoms with Gasteiger partial charge >= 0.3 is 5.69 Å². The highest BCUT2D eigenvalue weighted by molar-refractivity contribution is 8.77. The summed E-state index contributed by atoms with van der Waals surface area (Å²) in [7, 11) is 3.14. The van der Waals surface area contributed by atoms with E-state index in [0.717, 1.165) is 12.2 Å². The van der Waals surface area contributed by atoms with Gasteiger partial charge in [-0.05, 0) is 6.42 Å². The summed E-state index contributed by atoms with van der Waals surface area (Å²) < 4.78 is 6.98. The minimum Gasteiger partial charge on any atom is -0.394 e. The van der Waals surface area contributed by atoms with E-state index in [2.05, 4.69) is 11.9 Å². The minimum atomic E-state index is -0.885. The van der Waals surface area contributed by atoms with Crippen LogP contribution < -0.4 is 11.2 Å². The molecule has 0 aromatic carbocycles. The van der Waals surface area contributed by atoms with E-state index >= 15 is 0 Å². The first-order chi connectivity index (χ1) is 14.6. The maximum absolute atomic E-state index is 12.1. The standard InChI is InChI=1S/C21H36N2O5S2/c1-2-3-4-5-6-7-8-9-10-11-14-29-30-19-18(26)16(15-24)28-20(19)23-13-12-17(25)22-21(23)27/h12-13,16,18-20,24,26H,2-11,14-15H2,1H3,(H,22,25,27)/t16-,18-,19-,20-/m1/s1. The Morgan fingerprint density at radius 3 is 2.30 bits per heavy atom. The van der Waals surface area contributed by atoms with Gasteiger partial charge in [-0.15, -0.1) is 0 Å². The zero-order chi connectivity index (χ0) is 21.8. The highest BCUT2D eigenvalue weighted by Crippen LogP contribution is 2.42. The lowest BCUT2D eigenvalue weighted by atomic mass is 10.1. The number of aromatic nitrogens is 2. The van der Waals surface area contributed by atoms with E-state index in [1.54, 1.807) is 10.8 Å². The van der Waals surface area contributed by atoms with Gasteiger partial charge in [0, 0.05) is 18.0 Å². The summed E-state index contributed by atoms with van der Waals surface area (Å²) in [6.07, 6.45) is 11.9. The summed E-state index contributed by atoms with van der Waals surface area (Å²) in [5, 5.41) is 19.6.